The SMILES string of the molecule is CC1(S(=O)(=O)NC=O)CC1.CN(C=O)CCCC/C=C\[C@@H]1CC1NC=O.Cc1csc(-c2cc(O[C@H]3CCCC(C)C3)cc(-c3nc(C(F)(F)F)cs3)n2)n1. The van der Waals surface area contributed by atoms with Crippen LogP contribution in [-0.4, -0.2) is 78.0 Å². The number of allylic oxidation sites excluding steroid dienone is 1. The van der Waals surface area contributed by atoms with E-state index in [4.69, 9.17) is 4.74 Å². The molecule has 12 nitrogen and oxygen atoms in total. The molecule has 6 rings (SSSR count). The van der Waals surface area contributed by atoms with Crippen molar-refractivity contribution in [3.05, 3.63) is 46.4 Å². The van der Waals surface area contributed by atoms with Gasteiger partial charge in [-0.15, -0.1) is 22.7 Å². The molecule has 2 unspecified atom stereocenters. The molecule has 3 fully saturated rings. The Bertz CT molecular complexity index is 1860. The Morgan fingerprint density at radius 3 is 2.25 bits per heavy atom. The Labute approximate surface area is 328 Å². The average Bonchev–Trinajstić information content (AvgIpc) is 3.93. The summed E-state index contributed by atoms with van der Waals surface area (Å²) in [6.07, 6.45) is 11.7. The smallest absolute Gasteiger partial charge is 0.434 e. The molecule has 302 valence electrons. The molecule has 18 heteroatoms. The zero-order chi connectivity index (χ0) is 40.2. The van der Waals surface area contributed by atoms with Crippen molar-refractivity contribution in [3.8, 4) is 27.2 Å². The number of alkyl halides is 3. The molecule has 0 bridgehead atoms. The number of hydrogen-bond donors (Lipinski definition) is 2. The highest BCUT2D eigenvalue weighted by molar-refractivity contribution is 7.91. The van der Waals surface area contributed by atoms with Crippen LogP contribution in [0.2, 0.25) is 0 Å². The first-order valence-corrected chi connectivity index (χ1v) is 21.4. The van der Waals surface area contributed by atoms with Crippen molar-refractivity contribution in [2.24, 2.45) is 11.8 Å². The first kappa shape index (κ1) is 43.8. The highest BCUT2D eigenvalue weighted by Gasteiger charge is 2.50. The predicted octanol–water partition coefficient (Wildman–Crippen LogP) is 7.16. The number of unbranched alkanes of at least 4 members (excludes halogenated alkanes) is 2. The molecule has 3 aromatic rings. The van der Waals surface area contributed by atoms with Crippen LogP contribution in [0.3, 0.4) is 0 Å². The molecule has 3 heterocycles. The summed E-state index contributed by atoms with van der Waals surface area (Å²) in [4.78, 5) is 44.7. The zero-order valence-electron chi connectivity index (χ0n) is 31.4. The van der Waals surface area contributed by atoms with Gasteiger partial charge >= 0.3 is 6.18 Å². The third kappa shape index (κ3) is 13.7. The molecule has 0 saturated heterocycles. The van der Waals surface area contributed by atoms with E-state index in [0.717, 1.165) is 86.7 Å². The quantitative estimate of drug-likeness (QED) is 0.0868. The number of rotatable bonds is 16. The summed E-state index contributed by atoms with van der Waals surface area (Å²) in [6.45, 7) is 6.56. The Balaban J connectivity index is 0.000000216. The maximum absolute atomic E-state index is 13.0. The lowest BCUT2D eigenvalue weighted by atomic mass is 9.89. The van der Waals surface area contributed by atoms with Gasteiger partial charge in [-0.2, -0.15) is 13.2 Å². The molecular weight excluding hydrogens is 778 g/mol. The van der Waals surface area contributed by atoms with Gasteiger partial charge in [0.05, 0.1) is 10.9 Å². The standard InChI is InChI=1S/C20H20F3N3OS2.C12H20N2O2.C5H9NO3S/c1-11-4-3-5-13(6-11)27-14-7-15(18-24-12(2)9-28-18)25-16(8-14)19-26-17(10-29-19)20(21,22)23;1-14(10-16)7-5-3-2-4-6-11-8-12(11)13-9-15;1-5(2-3-5)10(8,9)6-4-7/h7-11,13H,3-6H2,1-2H3;4,6,9-12H,2-3,5,7-8H2,1H3,(H,13,15);4H,2-3H2,1H3,(H,6,7)/b;6-4-;/t11?,13-;11-,12?;/m01./s1. The Kier molecular flexibility index (Phi) is 15.8. The van der Waals surface area contributed by atoms with E-state index in [2.05, 4.69) is 39.3 Å². The van der Waals surface area contributed by atoms with Crippen LogP contribution < -0.4 is 14.8 Å². The fourth-order valence-corrected chi connectivity index (χ4v) is 8.36. The molecule has 3 saturated carbocycles. The van der Waals surface area contributed by atoms with Gasteiger partial charge in [-0.1, -0.05) is 25.5 Å². The summed E-state index contributed by atoms with van der Waals surface area (Å²) in [5.41, 5.74) is 0.922. The number of aryl methyl sites for hydroxylation is 1. The molecule has 4 atom stereocenters. The van der Waals surface area contributed by atoms with E-state index in [1.807, 2.05) is 23.1 Å². The molecule has 0 aromatic carbocycles. The minimum Gasteiger partial charge on any atom is -0.490 e. The molecule has 0 radical (unpaired) electrons. The second kappa shape index (κ2) is 19.8. The lowest BCUT2D eigenvalue weighted by Gasteiger charge is -2.27. The molecule has 0 spiro atoms. The number of sulfonamides is 1. The lowest BCUT2D eigenvalue weighted by Crippen LogP contribution is -2.32. The van der Waals surface area contributed by atoms with Crippen molar-refractivity contribution in [2.75, 3.05) is 13.6 Å². The largest absolute Gasteiger partial charge is 0.490 e. The van der Waals surface area contributed by atoms with Crippen molar-refractivity contribution in [3.63, 3.8) is 0 Å². The first-order valence-electron chi connectivity index (χ1n) is 18.2. The maximum atomic E-state index is 13.0. The van der Waals surface area contributed by atoms with Gasteiger partial charge in [0, 0.05) is 48.2 Å². The van der Waals surface area contributed by atoms with Gasteiger partial charge in [0.15, 0.2) is 5.69 Å². The van der Waals surface area contributed by atoms with Crippen LogP contribution in [-0.2, 0) is 30.6 Å². The lowest BCUT2D eigenvalue weighted by molar-refractivity contribution is -0.140. The van der Waals surface area contributed by atoms with Gasteiger partial charge in [0.25, 0.3) is 0 Å². The van der Waals surface area contributed by atoms with Crippen LogP contribution in [0.25, 0.3) is 21.4 Å². The van der Waals surface area contributed by atoms with E-state index in [0.29, 0.717) is 52.9 Å². The normalized spacial score (nSPS) is 21.2. The van der Waals surface area contributed by atoms with Gasteiger partial charge in [-0.25, -0.2) is 23.4 Å². The Morgan fingerprint density at radius 1 is 1.00 bits per heavy atom. The van der Waals surface area contributed by atoms with Crippen molar-refractivity contribution in [2.45, 2.75) is 108 Å². The highest BCUT2D eigenvalue weighted by atomic mass is 32.2. The van der Waals surface area contributed by atoms with Crippen LogP contribution in [0.15, 0.2) is 35.0 Å². The molecule has 2 N–H and O–H groups in total. The van der Waals surface area contributed by atoms with Crippen LogP contribution in [0.5, 0.6) is 5.75 Å². The first-order chi connectivity index (χ1) is 26.1. The summed E-state index contributed by atoms with van der Waals surface area (Å²) in [7, 11) is -1.56. The Morgan fingerprint density at radius 2 is 1.69 bits per heavy atom. The van der Waals surface area contributed by atoms with E-state index in [1.165, 1.54) is 17.8 Å². The zero-order valence-corrected chi connectivity index (χ0v) is 33.8. The van der Waals surface area contributed by atoms with E-state index < -0.39 is 26.6 Å². The average molecular weight is 827 g/mol. The molecule has 3 amide bonds. The van der Waals surface area contributed by atoms with Crippen molar-refractivity contribution < 1.29 is 40.7 Å². The van der Waals surface area contributed by atoms with Crippen LogP contribution in [0.1, 0.15) is 89.4 Å². The monoisotopic (exact) mass is 826 g/mol. The van der Waals surface area contributed by atoms with Gasteiger partial charge in [-0.05, 0) is 83.5 Å². The summed E-state index contributed by atoms with van der Waals surface area (Å²) in [5, 5.41) is 6.62. The van der Waals surface area contributed by atoms with Crippen LogP contribution >= 0.6 is 22.7 Å². The molecular formula is C37H49F3N6O6S3. The summed E-state index contributed by atoms with van der Waals surface area (Å²) >= 11 is 2.37. The van der Waals surface area contributed by atoms with Crippen molar-refractivity contribution >= 4 is 51.9 Å². The highest BCUT2D eigenvalue weighted by Crippen LogP contribution is 2.42. The van der Waals surface area contributed by atoms with Crippen LogP contribution in [0, 0.1) is 18.8 Å². The third-order valence-corrected chi connectivity index (χ3v) is 13.4. The second-order valence-corrected chi connectivity index (χ2v) is 18.3. The number of aromatic nitrogens is 3. The fourth-order valence-electron chi connectivity index (χ4n) is 5.77. The van der Waals surface area contributed by atoms with Gasteiger partial charge in [0.2, 0.25) is 29.3 Å². The predicted molar refractivity (Wildman–Crippen MR) is 207 cm³/mol. The van der Waals surface area contributed by atoms with Crippen molar-refractivity contribution in [1.29, 1.82) is 0 Å². The van der Waals surface area contributed by atoms with E-state index in [1.54, 1.807) is 24.9 Å². The number of thiazole rings is 2. The van der Waals surface area contributed by atoms with Gasteiger partial charge < -0.3 is 15.0 Å². The van der Waals surface area contributed by atoms with E-state index >= 15 is 0 Å². The number of nitrogens with one attached hydrogen (secondary N) is 2. The number of nitrogens with zero attached hydrogens (tertiary/aromatic N) is 4. The van der Waals surface area contributed by atoms with Gasteiger partial charge in [-0.3, -0.25) is 19.1 Å². The van der Waals surface area contributed by atoms with E-state index in [-0.39, 0.29) is 17.5 Å². The summed E-state index contributed by atoms with van der Waals surface area (Å²) < 4.78 is 68.2. The second-order valence-electron chi connectivity index (χ2n) is 14.4. The molecule has 3 aromatic heterocycles. The number of pyridine rings is 1. The van der Waals surface area contributed by atoms with E-state index in [9.17, 15) is 36.0 Å². The van der Waals surface area contributed by atoms with Gasteiger partial charge in [0.1, 0.15) is 27.2 Å². The number of carbonyl (C=O) groups is 3. The minimum atomic E-state index is -4.48. The van der Waals surface area contributed by atoms with Crippen molar-refractivity contribution in [1.82, 2.24) is 29.9 Å². The van der Waals surface area contributed by atoms with Crippen LogP contribution in [0.4, 0.5) is 13.2 Å². The summed E-state index contributed by atoms with van der Waals surface area (Å²) in [6, 6.07) is 3.87. The molecule has 3 aliphatic rings. The minimum absolute atomic E-state index is 0.0990. The number of hydrogen-bond acceptors (Lipinski definition) is 11. The number of ether oxygens (including phenoxy) is 1. The molecule has 3 aliphatic carbocycles. The topological polar surface area (TPSA) is 161 Å². The maximum Gasteiger partial charge on any atom is 0.434 e. The molecule has 55 heavy (non-hydrogen) atoms. The summed E-state index contributed by atoms with van der Waals surface area (Å²) in [5.74, 6) is 1.74. The third-order valence-electron chi connectivity index (χ3n) is 9.46. The number of halogens is 3. The molecule has 0 aliphatic heterocycles. The number of carbonyl (C=O) groups excluding carboxylic acids is 3. The Hall–Kier alpha value is -3.90. The fraction of sp³-hybridized carbons (Fsp3) is 0.568. The number of amides is 3.